The Hall–Kier alpha value is -0.770. The second-order valence-electron chi connectivity index (χ2n) is 5.06. The van der Waals surface area contributed by atoms with Crippen LogP contribution in [0.25, 0.3) is 0 Å². The molecule has 108 valence electrons. The molecule has 1 aromatic carbocycles. The van der Waals surface area contributed by atoms with Crippen LogP contribution in [0.1, 0.15) is 23.8 Å². The third kappa shape index (κ3) is 5.31. The van der Waals surface area contributed by atoms with Gasteiger partial charge in [0.05, 0.1) is 0 Å². The summed E-state index contributed by atoms with van der Waals surface area (Å²) in [5, 5.41) is 5.84. The normalized spacial score (nSPS) is 12.5. The minimum Gasteiger partial charge on any atom is -0.313 e. The van der Waals surface area contributed by atoms with Crippen LogP contribution in [0.15, 0.2) is 46.7 Å². The fourth-order valence-corrected chi connectivity index (χ4v) is 3.97. The molecule has 2 aromatic rings. The van der Waals surface area contributed by atoms with Gasteiger partial charge in [-0.15, -0.1) is 23.1 Å². The molecule has 1 atom stereocenters. The lowest BCUT2D eigenvalue weighted by Crippen LogP contribution is -2.33. The van der Waals surface area contributed by atoms with Gasteiger partial charge in [-0.1, -0.05) is 30.7 Å². The van der Waals surface area contributed by atoms with E-state index in [4.69, 9.17) is 0 Å². The number of thiophene rings is 1. The molecule has 2 rings (SSSR count). The Balaban J connectivity index is 1.89. The first-order chi connectivity index (χ1) is 9.78. The predicted molar refractivity (Wildman–Crippen MR) is 92.0 cm³/mol. The first-order valence-electron chi connectivity index (χ1n) is 7.23. The number of aryl methyl sites for hydroxylation is 1. The molecule has 0 radical (unpaired) electrons. The molecule has 3 heteroatoms. The highest BCUT2D eigenvalue weighted by Crippen LogP contribution is 2.21. The number of hydrogen-bond donors (Lipinski definition) is 1. The topological polar surface area (TPSA) is 12.0 Å². The summed E-state index contributed by atoms with van der Waals surface area (Å²) in [6.07, 6.45) is 2.33. The van der Waals surface area contributed by atoms with Gasteiger partial charge in [-0.3, -0.25) is 0 Å². The van der Waals surface area contributed by atoms with E-state index in [0.717, 1.165) is 18.7 Å². The summed E-state index contributed by atoms with van der Waals surface area (Å²) in [5.41, 5.74) is 1.34. The van der Waals surface area contributed by atoms with Gasteiger partial charge in [0.15, 0.2) is 0 Å². The van der Waals surface area contributed by atoms with E-state index in [9.17, 15) is 0 Å². The molecular weight excluding hydrogens is 282 g/mol. The molecule has 0 aliphatic heterocycles. The lowest BCUT2D eigenvalue weighted by Gasteiger charge is -2.17. The summed E-state index contributed by atoms with van der Waals surface area (Å²) in [7, 11) is 0. The molecule has 0 aliphatic rings. The molecule has 0 spiro atoms. The number of thioether (sulfide) groups is 1. The molecule has 1 N–H and O–H groups in total. The van der Waals surface area contributed by atoms with Crippen LogP contribution in [0.4, 0.5) is 0 Å². The standard InChI is InChI=1S/C17H23NS2/c1-3-9-18-15(12-17-8-5-10-19-17)13-20-16-7-4-6-14(2)11-16/h4-8,10-11,15,18H,3,9,12-13H2,1-2H3. The lowest BCUT2D eigenvalue weighted by atomic mass is 10.2. The summed E-state index contributed by atoms with van der Waals surface area (Å²) in [6.45, 7) is 5.48. The quantitative estimate of drug-likeness (QED) is 0.706. The molecule has 0 saturated carbocycles. The van der Waals surface area contributed by atoms with Crippen molar-refractivity contribution >= 4 is 23.1 Å². The Bertz CT molecular complexity index is 493. The largest absolute Gasteiger partial charge is 0.313 e. The van der Waals surface area contributed by atoms with Crippen molar-refractivity contribution in [1.29, 1.82) is 0 Å². The van der Waals surface area contributed by atoms with Gasteiger partial charge in [0.1, 0.15) is 0 Å². The Kier molecular flexibility index (Phi) is 6.64. The van der Waals surface area contributed by atoms with E-state index in [1.807, 2.05) is 23.1 Å². The fraction of sp³-hybridized carbons (Fsp3) is 0.412. The molecule has 0 fully saturated rings. The van der Waals surface area contributed by atoms with Gasteiger partial charge < -0.3 is 5.32 Å². The van der Waals surface area contributed by atoms with Crippen molar-refractivity contribution in [2.75, 3.05) is 12.3 Å². The summed E-state index contributed by atoms with van der Waals surface area (Å²) in [6, 6.07) is 13.7. The van der Waals surface area contributed by atoms with Crippen molar-refractivity contribution in [3.05, 3.63) is 52.2 Å². The molecule has 20 heavy (non-hydrogen) atoms. The summed E-state index contributed by atoms with van der Waals surface area (Å²) >= 11 is 3.82. The minimum atomic E-state index is 0.555. The number of rotatable bonds is 8. The van der Waals surface area contributed by atoms with Crippen LogP contribution in [0, 0.1) is 6.92 Å². The maximum Gasteiger partial charge on any atom is 0.0209 e. The van der Waals surface area contributed by atoms with Crippen molar-refractivity contribution in [2.45, 2.75) is 37.6 Å². The molecule has 1 heterocycles. The molecule has 0 amide bonds. The Labute approximate surface area is 130 Å². The first kappa shape index (κ1) is 15.6. The van der Waals surface area contributed by atoms with Gasteiger partial charge in [0.25, 0.3) is 0 Å². The van der Waals surface area contributed by atoms with Crippen molar-refractivity contribution in [3.8, 4) is 0 Å². The molecule has 0 bridgehead atoms. The molecule has 0 aliphatic carbocycles. The highest BCUT2D eigenvalue weighted by atomic mass is 32.2. The average Bonchev–Trinajstić information content (AvgIpc) is 2.95. The van der Waals surface area contributed by atoms with Crippen LogP contribution in [0.5, 0.6) is 0 Å². The van der Waals surface area contributed by atoms with Crippen LogP contribution >= 0.6 is 23.1 Å². The Morgan fingerprint density at radius 3 is 2.85 bits per heavy atom. The van der Waals surface area contributed by atoms with Gasteiger partial charge in [-0.2, -0.15) is 0 Å². The van der Waals surface area contributed by atoms with Crippen LogP contribution in [-0.4, -0.2) is 18.3 Å². The van der Waals surface area contributed by atoms with E-state index in [1.165, 1.54) is 21.8 Å². The Morgan fingerprint density at radius 2 is 2.15 bits per heavy atom. The second-order valence-corrected chi connectivity index (χ2v) is 7.19. The van der Waals surface area contributed by atoms with Crippen molar-refractivity contribution < 1.29 is 0 Å². The minimum absolute atomic E-state index is 0.555. The number of hydrogen-bond acceptors (Lipinski definition) is 3. The summed E-state index contributed by atoms with van der Waals surface area (Å²) in [5.74, 6) is 1.13. The fourth-order valence-electron chi connectivity index (χ4n) is 2.11. The van der Waals surface area contributed by atoms with E-state index < -0.39 is 0 Å². The first-order valence-corrected chi connectivity index (χ1v) is 9.09. The van der Waals surface area contributed by atoms with E-state index in [2.05, 4.69) is 60.9 Å². The molecular formula is C17H23NS2. The molecule has 1 nitrogen and oxygen atoms in total. The predicted octanol–water partition coefficient (Wildman–Crippen LogP) is 4.76. The van der Waals surface area contributed by atoms with Crippen LogP contribution in [0.3, 0.4) is 0 Å². The van der Waals surface area contributed by atoms with Crippen LogP contribution in [0.2, 0.25) is 0 Å². The molecule has 0 saturated heterocycles. The third-order valence-electron chi connectivity index (χ3n) is 3.15. The van der Waals surface area contributed by atoms with E-state index in [1.54, 1.807) is 0 Å². The van der Waals surface area contributed by atoms with Gasteiger partial charge >= 0.3 is 0 Å². The van der Waals surface area contributed by atoms with E-state index in [0.29, 0.717) is 6.04 Å². The highest BCUT2D eigenvalue weighted by Gasteiger charge is 2.10. The second kappa shape index (κ2) is 8.50. The van der Waals surface area contributed by atoms with Crippen molar-refractivity contribution in [2.24, 2.45) is 0 Å². The Morgan fingerprint density at radius 1 is 1.25 bits per heavy atom. The smallest absolute Gasteiger partial charge is 0.0209 e. The zero-order valence-electron chi connectivity index (χ0n) is 12.3. The molecule has 1 aromatic heterocycles. The van der Waals surface area contributed by atoms with E-state index >= 15 is 0 Å². The van der Waals surface area contributed by atoms with Crippen molar-refractivity contribution in [3.63, 3.8) is 0 Å². The monoisotopic (exact) mass is 305 g/mol. The van der Waals surface area contributed by atoms with Crippen LogP contribution in [-0.2, 0) is 6.42 Å². The van der Waals surface area contributed by atoms with E-state index in [-0.39, 0.29) is 0 Å². The average molecular weight is 306 g/mol. The maximum atomic E-state index is 3.68. The maximum absolute atomic E-state index is 3.68. The highest BCUT2D eigenvalue weighted by molar-refractivity contribution is 7.99. The summed E-state index contributed by atoms with van der Waals surface area (Å²) < 4.78 is 0. The molecule has 1 unspecified atom stereocenters. The van der Waals surface area contributed by atoms with Gasteiger partial charge in [0.2, 0.25) is 0 Å². The number of nitrogens with one attached hydrogen (secondary N) is 1. The third-order valence-corrected chi connectivity index (χ3v) is 5.21. The van der Waals surface area contributed by atoms with Gasteiger partial charge in [0, 0.05) is 21.6 Å². The zero-order valence-corrected chi connectivity index (χ0v) is 13.9. The summed E-state index contributed by atoms with van der Waals surface area (Å²) in [4.78, 5) is 2.85. The van der Waals surface area contributed by atoms with Crippen LogP contribution < -0.4 is 5.32 Å². The number of benzene rings is 1. The van der Waals surface area contributed by atoms with Gasteiger partial charge in [-0.25, -0.2) is 0 Å². The zero-order chi connectivity index (χ0) is 14.2. The van der Waals surface area contributed by atoms with Crippen molar-refractivity contribution in [1.82, 2.24) is 5.32 Å². The van der Waals surface area contributed by atoms with Gasteiger partial charge in [-0.05, 0) is 49.9 Å². The SMILES string of the molecule is CCCNC(CSc1cccc(C)c1)Cc1cccs1. The lowest BCUT2D eigenvalue weighted by molar-refractivity contribution is 0.553.